The highest BCUT2D eigenvalue weighted by Gasteiger charge is 2.15. The van der Waals surface area contributed by atoms with Crippen LogP contribution in [0.1, 0.15) is 6.42 Å². The number of hydrogen-bond acceptors (Lipinski definition) is 6. The molecule has 112 valence electrons. The van der Waals surface area contributed by atoms with Crippen LogP contribution < -0.4 is 4.74 Å². The minimum absolute atomic E-state index is 0.227. The summed E-state index contributed by atoms with van der Waals surface area (Å²) < 4.78 is 11.8. The summed E-state index contributed by atoms with van der Waals surface area (Å²) in [5, 5.41) is 9.12. The molecule has 0 saturated heterocycles. The number of benzene rings is 1. The Bertz CT molecular complexity index is 628. The highest BCUT2D eigenvalue weighted by Crippen LogP contribution is 2.29. The molecule has 1 heterocycles. The number of carbonyl (C=O) groups excluding carboxylic acids is 1. The molecule has 0 amide bonds. The standard InChI is InChI=1S/C14H17N3O3S/c1-17-13(10-6-4-5-7-11(10)19-2)15-16-14(17)21-9-8-12(18)20-3/h4-7H,8-9H2,1-3H3. The average molecular weight is 307 g/mol. The Morgan fingerprint density at radius 1 is 1.29 bits per heavy atom. The normalized spacial score (nSPS) is 10.4. The zero-order valence-corrected chi connectivity index (χ0v) is 13.0. The third-order valence-electron chi connectivity index (χ3n) is 2.95. The Morgan fingerprint density at radius 2 is 2.05 bits per heavy atom. The highest BCUT2D eigenvalue weighted by molar-refractivity contribution is 7.99. The maximum absolute atomic E-state index is 11.1. The molecule has 0 atom stereocenters. The van der Waals surface area contributed by atoms with E-state index in [2.05, 4.69) is 14.9 Å². The van der Waals surface area contributed by atoms with Crippen molar-refractivity contribution >= 4 is 17.7 Å². The van der Waals surface area contributed by atoms with E-state index in [4.69, 9.17) is 4.74 Å². The van der Waals surface area contributed by atoms with E-state index in [1.165, 1.54) is 18.9 Å². The minimum atomic E-state index is -0.227. The third-order valence-corrected chi connectivity index (χ3v) is 3.97. The molecule has 7 heteroatoms. The van der Waals surface area contributed by atoms with Gasteiger partial charge in [0.05, 0.1) is 26.2 Å². The van der Waals surface area contributed by atoms with Crippen molar-refractivity contribution in [3.05, 3.63) is 24.3 Å². The molecule has 0 aliphatic carbocycles. The molecular weight excluding hydrogens is 290 g/mol. The van der Waals surface area contributed by atoms with E-state index in [1.807, 2.05) is 35.9 Å². The van der Waals surface area contributed by atoms with Gasteiger partial charge in [-0.25, -0.2) is 0 Å². The molecule has 0 saturated carbocycles. The van der Waals surface area contributed by atoms with Gasteiger partial charge in [-0.3, -0.25) is 4.79 Å². The van der Waals surface area contributed by atoms with Gasteiger partial charge in [0.15, 0.2) is 11.0 Å². The van der Waals surface area contributed by atoms with E-state index in [0.717, 1.165) is 22.3 Å². The number of carbonyl (C=O) groups is 1. The van der Waals surface area contributed by atoms with Gasteiger partial charge in [-0.1, -0.05) is 23.9 Å². The molecule has 6 nitrogen and oxygen atoms in total. The fraction of sp³-hybridized carbons (Fsp3) is 0.357. The summed E-state index contributed by atoms with van der Waals surface area (Å²) in [5.41, 5.74) is 0.884. The largest absolute Gasteiger partial charge is 0.496 e. The van der Waals surface area contributed by atoms with E-state index in [1.54, 1.807) is 7.11 Å². The van der Waals surface area contributed by atoms with Gasteiger partial charge in [0.25, 0.3) is 0 Å². The second-order valence-corrected chi connectivity index (χ2v) is 5.30. The van der Waals surface area contributed by atoms with E-state index < -0.39 is 0 Å². The molecule has 0 aliphatic rings. The lowest BCUT2D eigenvalue weighted by atomic mass is 10.2. The number of methoxy groups -OCH3 is 2. The van der Waals surface area contributed by atoms with Crippen molar-refractivity contribution < 1.29 is 14.3 Å². The van der Waals surface area contributed by atoms with Crippen molar-refractivity contribution in [3.8, 4) is 17.1 Å². The van der Waals surface area contributed by atoms with Gasteiger partial charge in [-0.15, -0.1) is 10.2 Å². The molecule has 0 aliphatic heterocycles. The number of rotatable bonds is 6. The Morgan fingerprint density at radius 3 is 2.76 bits per heavy atom. The third kappa shape index (κ3) is 3.55. The fourth-order valence-electron chi connectivity index (χ4n) is 1.83. The van der Waals surface area contributed by atoms with Crippen LogP contribution in [-0.4, -0.2) is 40.7 Å². The van der Waals surface area contributed by atoms with Crippen LogP contribution in [0.5, 0.6) is 5.75 Å². The number of aromatic nitrogens is 3. The number of para-hydroxylation sites is 1. The van der Waals surface area contributed by atoms with Gasteiger partial charge >= 0.3 is 5.97 Å². The average Bonchev–Trinajstić information content (AvgIpc) is 2.88. The van der Waals surface area contributed by atoms with Crippen molar-refractivity contribution in [2.45, 2.75) is 11.6 Å². The lowest BCUT2D eigenvalue weighted by Crippen LogP contribution is -2.02. The second-order valence-electron chi connectivity index (χ2n) is 4.24. The van der Waals surface area contributed by atoms with Crippen LogP contribution in [0.25, 0.3) is 11.4 Å². The maximum atomic E-state index is 11.1. The van der Waals surface area contributed by atoms with Crippen LogP contribution in [0.3, 0.4) is 0 Å². The molecule has 1 aromatic heterocycles. The van der Waals surface area contributed by atoms with Crippen molar-refractivity contribution in [3.63, 3.8) is 0 Å². The van der Waals surface area contributed by atoms with Crippen molar-refractivity contribution in [1.82, 2.24) is 14.8 Å². The Labute approximate surface area is 127 Å². The quantitative estimate of drug-likeness (QED) is 0.602. The SMILES string of the molecule is COC(=O)CCSc1nnc(-c2ccccc2OC)n1C. The topological polar surface area (TPSA) is 66.2 Å². The van der Waals surface area contributed by atoms with Crippen LogP contribution in [0.4, 0.5) is 0 Å². The summed E-state index contributed by atoms with van der Waals surface area (Å²) in [5.74, 6) is 1.85. The highest BCUT2D eigenvalue weighted by atomic mass is 32.2. The van der Waals surface area contributed by atoms with Crippen molar-refractivity contribution in [2.24, 2.45) is 7.05 Å². The number of hydrogen-bond donors (Lipinski definition) is 0. The minimum Gasteiger partial charge on any atom is -0.496 e. The van der Waals surface area contributed by atoms with Gasteiger partial charge in [-0.2, -0.15) is 0 Å². The molecule has 0 unspecified atom stereocenters. The molecular formula is C14H17N3O3S. The number of nitrogens with zero attached hydrogens (tertiary/aromatic N) is 3. The summed E-state index contributed by atoms with van der Waals surface area (Å²) in [7, 11) is 4.90. The summed E-state index contributed by atoms with van der Waals surface area (Å²) >= 11 is 1.47. The molecule has 0 N–H and O–H groups in total. The number of thioether (sulfide) groups is 1. The molecule has 0 bridgehead atoms. The van der Waals surface area contributed by atoms with Crippen molar-refractivity contribution in [2.75, 3.05) is 20.0 Å². The summed E-state index contributed by atoms with van der Waals surface area (Å²) in [6, 6.07) is 7.65. The summed E-state index contributed by atoms with van der Waals surface area (Å²) in [4.78, 5) is 11.1. The van der Waals surface area contributed by atoms with E-state index in [9.17, 15) is 4.79 Å². The number of esters is 1. The lowest BCUT2D eigenvalue weighted by Gasteiger charge is -2.07. The zero-order valence-electron chi connectivity index (χ0n) is 12.2. The first-order valence-electron chi connectivity index (χ1n) is 6.39. The molecule has 0 spiro atoms. The predicted octanol–water partition coefficient (Wildman–Crippen LogP) is 2.15. The van der Waals surface area contributed by atoms with Gasteiger partial charge in [0.1, 0.15) is 5.75 Å². The number of ether oxygens (including phenoxy) is 2. The van der Waals surface area contributed by atoms with Gasteiger partial charge < -0.3 is 14.0 Å². The van der Waals surface area contributed by atoms with Crippen LogP contribution in [0.15, 0.2) is 29.4 Å². The maximum Gasteiger partial charge on any atom is 0.306 e. The summed E-state index contributed by atoms with van der Waals surface area (Å²) in [6.07, 6.45) is 0.345. The van der Waals surface area contributed by atoms with E-state index in [-0.39, 0.29) is 5.97 Å². The first-order valence-corrected chi connectivity index (χ1v) is 7.38. The van der Waals surface area contributed by atoms with Crippen LogP contribution in [0, 0.1) is 0 Å². The first kappa shape index (κ1) is 15.4. The Hall–Kier alpha value is -2.02. The predicted molar refractivity (Wildman–Crippen MR) is 80.3 cm³/mol. The van der Waals surface area contributed by atoms with Gasteiger partial charge in [-0.05, 0) is 12.1 Å². The molecule has 21 heavy (non-hydrogen) atoms. The van der Waals surface area contributed by atoms with E-state index >= 15 is 0 Å². The molecule has 2 aromatic rings. The van der Waals surface area contributed by atoms with Crippen molar-refractivity contribution in [1.29, 1.82) is 0 Å². The molecule has 0 fully saturated rings. The van der Waals surface area contributed by atoms with Gasteiger partial charge in [0, 0.05) is 12.8 Å². The Balaban J connectivity index is 2.15. The van der Waals surface area contributed by atoms with Crippen LogP contribution in [0.2, 0.25) is 0 Å². The molecule has 0 radical (unpaired) electrons. The van der Waals surface area contributed by atoms with Crippen LogP contribution >= 0.6 is 11.8 Å². The summed E-state index contributed by atoms with van der Waals surface area (Å²) in [6.45, 7) is 0. The van der Waals surface area contributed by atoms with Crippen LogP contribution in [-0.2, 0) is 16.6 Å². The lowest BCUT2D eigenvalue weighted by molar-refractivity contribution is -0.140. The first-order chi connectivity index (χ1) is 10.2. The fourth-order valence-corrected chi connectivity index (χ4v) is 2.66. The second kappa shape index (κ2) is 7.12. The molecule has 1 aromatic carbocycles. The van der Waals surface area contributed by atoms with E-state index in [0.29, 0.717) is 12.2 Å². The van der Waals surface area contributed by atoms with Gasteiger partial charge in [0.2, 0.25) is 0 Å². The Kier molecular flexibility index (Phi) is 5.21. The smallest absolute Gasteiger partial charge is 0.306 e. The zero-order chi connectivity index (χ0) is 15.2. The molecule has 2 rings (SSSR count). The monoisotopic (exact) mass is 307 g/mol.